The topological polar surface area (TPSA) is 180 Å². The van der Waals surface area contributed by atoms with Crippen molar-refractivity contribution < 1.29 is 51.8 Å². The number of rotatable bonds is 17. The van der Waals surface area contributed by atoms with Gasteiger partial charge in [-0.05, 0) is 108 Å². The number of aliphatic carboxylic acids is 1. The Morgan fingerprint density at radius 2 is 1.01 bits per heavy atom. The number of nitrogens with one attached hydrogen (secondary N) is 1. The van der Waals surface area contributed by atoms with Gasteiger partial charge in [-0.3, -0.25) is 28.3 Å². The minimum atomic E-state index is -5.08. The summed E-state index contributed by atoms with van der Waals surface area (Å²) >= 11 is 0. The summed E-state index contributed by atoms with van der Waals surface area (Å²) in [5.41, 5.74) is 9.21. The number of hydrogen-bond donors (Lipinski definition) is 3. The second-order valence-corrected chi connectivity index (χ2v) is 17.8. The van der Waals surface area contributed by atoms with Crippen molar-refractivity contribution in [3.8, 4) is 0 Å². The van der Waals surface area contributed by atoms with Gasteiger partial charge >= 0.3 is 18.2 Å². The van der Waals surface area contributed by atoms with Crippen molar-refractivity contribution in [3.05, 3.63) is 169 Å². The van der Waals surface area contributed by atoms with E-state index in [2.05, 4.69) is 17.4 Å². The third-order valence-corrected chi connectivity index (χ3v) is 10.9. The largest absolute Gasteiger partial charge is 0.490 e. The van der Waals surface area contributed by atoms with E-state index >= 15 is 0 Å². The van der Waals surface area contributed by atoms with Crippen LogP contribution in [0.25, 0.3) is 21.8 Å². The van der Waals surface area contributed by atoms with Gasteiger partial charge in [0.25, 0.3) is 11.8 Å². The molecule has 0 radical (unpaired) electrons. The number of carboxylic acids is 1. The fraction of sp³-hybridized carbons (Fsp3) is 0.309. The highest BCUT2D eigenvalue weighted by Gasteiger charge is 2.38. The van der Waals surface area contributed by atoms with E-state index in [1.54, 1.807) is 68.3 Å². The van der Waals surface area contributed by atoms with Gasteiger partial charge in [-0.1, -0.05) is 109 Å². The number of carboxylic acid groups (broad SMARTS) is 1. The third kappa shape index (κ3) is 18.6. The van der Waals surface area contributed by atoms with Gasteiger partial charge in [0, 0.05) is 48.2 Å². The predicted molar refractivity (Wildman–Crippen MR) is 265 cm³/mol. The van der Waals surface area contributed by atoms with Crippen LogP contribution in [0.4, 0.5) is 18.0 Å². The maximum Gasteiger partial charge on any atom is 0.490 e. The van der Waals surface area contributed by atoms with Crippen molar-refractivity contribution in [3.63, 3.8) is 0 Å². The first-order valence-corrected chi connectivity index (χ1v) is 22.9. The number of hydrogen-bond acceptors (Lipinski definition) is 8. The quantitative estimate of drug-likeness (QED) is 0.0750. The van der Waals surface area contributed by atoms with Gasteiger partial charge in [0.15, 0.2) is 5.78 Å². The number of fused-ring (bicyclic) bond motifs is 2. The zero-order valence-electron chi connectivity index (χ0n) is 40.0. The van der Waals surface area contributed by atoms with E-state index in [1.807, 2.05) is 121 Å². The zero-order valence-corrected chi connectivity index (χ0v) is 40.0. The van der Waals surface area contributed by atoms with E-state index in [9.17, 15) is 37.1 Å². The van der Waals surface area contributed by atoms with Crippen molar-refractivity contribution in [2.75, 3.05) is 0 Å². The average Bonchev–Trinajstić information content (AvgIpc) is 3.96. The smallest absolute Gasteiger partial charge is 0.475 e. The first-order chi connectivity index (χ1) is 33.1. The number of amides is 1. The first kappa shape index (κ1) is 55.2. The number of ketones is 2. The fourth-order valence-electron chi connectivity index (χ4n) is 7.12. The Labute approximate surface area is 406 Å². The molecule has 4 N–H and O–H groups in total. The number of alkyl carbamates (subject to hydrolysis) is 1. The normalized spacial score (nSPS) is 13.3. The van der Waals surface area contributed by atoms with Crippen molar-refractivity contribution in [2.45, 2.75) is 97.0 Å². The highest BCUT2D eigenvalue weighted by atomic mass is 19.4. The average molecular weight is 963 g/mol. The molecule has 0 saturated carbocycles. The fourth-order valence-corrected chi connectivity index (χ4v) is 7.12. The summed E-state index contributed by atoms with van der Waals surface area (Å²) in [5, 5.41) is 11.8. The molecule has 12 nitrogen and oxygen atoms in total. The van der Waals surface area contributed by atoms with Crippen LogP contribution in [0, 0.1) is 11.8 Å². The van der Waals surface area contributed by atoms with E-state index < -0.39 is 35.9 Å². The number of allylic oxidation sites excluding steroid dienone is 4. The molecule has 6 rings (SSSR count). The van der Waals surface area contributed by atoms with Gasteiger partial charge < -0.3 is 20.9 Å². The van der Waals surface area contributed by atoms with Gasteiger partial charge in [-0.25, -0.2) is 9.59 Å². The molecule has 4 aromatic carbocycles. The number of alkyl halides is 3. The highest BCUT2D eigenvalue weighted by molar-refractivity contribution is 5.99. The second-order valence-electron chi connectivity index (χ2n) is 17.8. The lowest BCUT2D eigenvalue weighted by Crippen LogP contribution is -2.42. The minimum Gasteiger partial charge on any atom is -0.475 e. The maximum absolute atomic E-state index is 12.9. The molecule has 0 aliphatic rings. The third-order valence-electron chi connectivity index (χ3n) is 10.9. The molecule has 0 fully saturated rings. The number of nitrogens with two attached hydrogens (primary N) is 1. The Hall–Kier alpha value is -7.39. The lowest BCUT2D eigenvalue weighted by atomic mass is 9.92. The van der Waals surface area contributed by atoms with Crippen LogP contribution in [0.15, 0.2) is 158 Å². The summed E-state index contributed by atoms with van der Waals surface area (Å²) in [6.45, 7) is 8.68. The molecule has 1 amide bonds. The Morgan fingerprint density at radius 3 is 1.40 bits per heavy atom. The molecular weight excluding hydrogens is 902 g/mol. The highest BCUT2D eigenvalue weighted by Crippen LogP contribution is 2.21. The van der Waals surface area contributed by atoms with Crippen LogP contribution in [0.1, 0.15) is 81.0 Å². The Kier molecular flexibility index (Phi) is 20.8. The van der Waals surface area contributed by atoms with Gasteiger partial charge in [-0.2, -0.15) is 13.2 Å². The van der Waals surface area contributed by atoms with Crippen LogP contribution in [0.3, 0.4) is 0 Å². The van der Waals surface area contributed by atoms with Gasteiger partial charge in [-0.15, -0.1) is 0 Å². The molecule has 4 atom stereocenters. The summed E-state index contributed by atoms with van der Waals surface area (Å²) in [4.78, 5) is 71.7. The molecule has 0 bridgehead atoms. The van der Waals surface area contributed by atoms with Gasteiger partial charge in [0.05, 0.1) is 23.1 Å². The van der Waals surface area contributed by atoms with Crippen LogP contribution in [0.2, 0.25) is 0 Å². The van der Waals surface area contributed by atoms with Gasteiger partial charge in [0.1, 0.15) is 11.4 Å². The number of nitrogens with zero attached hydrogens (tertiary/aromatic N) is 2. The summed E-state index contributed by atoms with van der Waals surface area (Å²) < 4.78 is 40.2. The summed E-state index contributed by atoms with van der Waals surface area (Å²) in [5.74, 6) is -3.31. The number of aryl methyl sites for hydroxylation is 2. The monoisotopic (exact) mass is 962 g/mol. The number of carbonyl (C=O) groups excluding carboxylic acids is 5. The Bertz CT molecular complexity index is 2730. The number of carbonyl (C=O) groups is 6. The maximum atomic E-state index is 12.9. The molecule has 2 aromatic heterocycles. The minimum absolute atomic E-state index is 0.0153. The van der Waals surface area contributed by atoms with E-state index in [0.29, 0.717) is 12.8 Å². The van der Waals surface area contributed by atoms with Crippen molar-refractivity contribution in [1.29, 1.82) is 0 Å². The molecule has 0 aliphatic heterocycles. The molecule has 15 heteroatoms. The lowest BCUT2D eigenvalue weighted by Gasteiger charge is -2.22. The van der Waals surface area contributed by atoms with E-state index in [4.69, 9.17) is 20.4 Å². The van der Waals surface area contributed by atoms with Gasteiger partial charge in [0.2, 0.25) is 0 Å². The van der Waals surface area contributed by atoms with Crippen molar-refractivity contribution in [1.82, 2.24) is 14.5 Å². The van der Waals surface area contributed by atoms with E-state index in [0.717, 1.165) is 41.1 Å². The van der Waals surface area contributed by atoms with E-state index in [1.165, 1.54) is 11.1 Å². The first-order valence-electron chi connectivity index (χ1n) is 22.9. The molecule has 370 valence electrons. The molecular formula is C55H61F3N4O8. The Morgan fingerprint density at radius 1 is 0.629 bits per heavy atom. The summed E-state index contributed by atoms with van der Waals surface area (Å²) in [6.07, 6.45) is 8.31. The number of benzene rings is 4. The number of para-hydroxylation sites is 2. The predicted octanol–water partition coefficient (Wildman–Crippen LogP) is 11.0. The Balaban J connectivity index is 0.000000273. The van der Waals surface area contributed by atoms with E-state index in [-0.39, 0.29) is 41.6 Å². The molecule has 0 unspecified atom stereocenters. The van der Waals surface area contributed by atoms with Crippen molar-refractivity contribution in [2.24, 2.45) is 17.6 Å². The molecule has 0 saturated heterocycles. The number of Topliss-reactive ketones (excluding diaryl/α,β-unsaturated/α-hetero) is 2. The summed E-state index contributed by atoms with van der Waals surface area (Å²) in [6, 6.07) is 38.3. The van der Waals surface area contributed by atoms with Crippen molar-refractivity contribution >= 4 is 57.2 Å². The van der Waals surface area contributed by atoms with Crippen LogP contribution in [-0.2, 0) is 32.0 Å². The molecule has 6 aromatic rings. The van der Waals surface area contributed by atoms with Crippen LogP contribution < -0.4 is 11.1 Å². The van der Waals surface area contributed by atoms with Crippen LogP contribution in [-0.4, -0.2) is 73.5 Å². The molecule has 2 heterocycles. The number of ether oxygens (including phenoxy) is 1. The molecule has 0 spiro atoms. The summed E-state index contributed by atoms with van der Waals surface area (Å²) in [7, 11) is 0. The standard InChI is InChI=1S/C29H34N2O4.C24H26N2O2.C2HF3O2/c1-21(30-28(34)35-29(2,3)4)26(32)20-23(15-14-22-10-6-5-7-11-22)16-17-27(33)31-19-18-24-12-8-9-13-25(24)31;1-18(25)23(27)17-20(12-11-19-7-3-2-4-8-19)13-14-24(28)26-16-15-21-9-5-6-10-22(21)26;3-2(4,5)1(6)7/h5-13,16-19,21,23H,14-15,20H2,1-4H3,(H,30,34);2-10,13-16,18,20H,11-12,17,25H2,1H3;(H,6,7)/b17-16+;14-13+;/t21-,23-;18-,20-;/m00./s1. The zero-order chi connectivity index (χ0) is 51.4. The van der Waals surface area contributed by atoms with Crippen LogP contribution in [0.5, 0.6) is 0 Å². The molecule has 0 aliphatic carbocycles. The number of aromatic nitrogens is 2. The second kappa shape index (κ2) is 26.4. The number of halogens is 3. The van der Waals surface area contributed by atoms with Crippen LogP contribution >= 0.6 is 0 Å². The SMILES string of the molecule is C[C@H](N)C(=O)C[C@H](/C=C/C(=O)n1ccc2ccccc21)CCc1ccccc1.C[C@H](NC(=O)OC(C)(C)C)C(=O)C[C@H](/C=C/C(=O)n1ccc2ccccc21)CCc1ccccc1.O=C(O)C(F)(F)F. The molecule has 70 heavy (non-hydrogen) atoms. The lowest BCUT2D eigenvalue weighted by molar-refractivity contribution is -0.192.